The molecule has 0 aliphatic heterocycles. The van der Waals surface area contributed by atoms with Gasteiger partial charge in [-0.1, -0.05) is 6.07 Å². The van der Waals surface area contributed by atoms with E-state index in [2.05, 4.69) is 4.98 Å². The van der Waals surface area contributed by atoms with Gasteiger partial charge < -0.3 is 10.5 Å². The van der Waals surface area contributed by atoms with Crippen molar-refractivity contribution in [3.63, 3.8) is 0 Å². The SMILES string of the molecule is Cl.Cl.Nc1ccc(OCc2ccccn2)cc1. The lowest BCUT2D eigenvalue weighted by Crippen LogP contribution is -1.97. The van der Waals surface area contributed by atoms with Gasteiger partial charge in [0.25, 0.3) is 0 Å². The Balaban J connectivity index is 0.00000128. The summed E-state index contributed by atoms with van der Waals surface area (Å²) < 4.78 is 5.53. The van der Waals surface area contributed by atoms with Crippen molar-refractivity contribution in [1.29, 1.82) is 0 Å². The standard InChI is InChI=1S/C12H12N2O.2ClH/c13-10-4-6-12(7-5-10)15-9-11-3-1-2-8-14-11;;/h1-8H,9,13H2;2*1H. The van der Waals surface area contributed by atoms with Crippen LogP contribution < -0.4 is 10.5 Å². The lowest BCUT2D eigenvalue weighted by atomic mass is 10.3. The minimum atomic E-state index is 0. The largest absolute Gasteiger partial charge is 0.487 e. The van der Waals surface area contributed by atoms with Gasteiger partial charge >= 0.3 is 0 Å². The number of hydrogen-bond acceptors (Lipinski definition) is 3. The van der Waals surface area contributed by atoms with Crippen LogP contribution in [0.5, 0.6) is 5.75 Å². The van der Waals surface area contributed by atoms with E-state index in [1.807, 2.05) is 42.5 Å². The van der Waals surface area contributed by atoms with Crippen molar-refractivity contribution in [3.05, 3.63) is 54.4 Å². The molecule has 0 saturated carbocycles. The van der Waals surface area contributed by atoms with Crippen LogP contribution in [0.1, 0.15) is 5.69 Å². The molecule has 5 heteroatoms. The zero-order valence-corrected chi connectivity index (χ0v) is 10.7. The summed E-state index contributed by atoms with van der Waals surface area (Å²) in [6.07, 6.45) is 1.75. The Bertz CT molecular complexity index is 420. The van der Waals surface area contributed by atoms with Crippen molar-refractivity contribution < 1.29 is 4.74 Å². The molecule has 0 saturated heterocycles. The number of anilines is 1. The van der Waals surface area contributed by atoms with Crippen molar-refractivity contribution in [1.82, 2.24) is 4.98 Å². The van der Waals surface area contributed by atoms with Gasteiger partial charge in [0, 0.05) is 11.9 Å². The Hall–Kier alpha value is -1.45. The third-order valence-electron chi connectivity index (χ3n) is 1.99. The number of benzene rings is 1. The fraction of sp³-hybridized carbons (Fsp3) is 0.0833. The Morgan fingerprint density at radius 3 is 2.29 bits per heavy atom. The minimum absolute atomic E-state index is 0. The molecular weight excluding hydrogens is 259 g/mol. The summed E-state index contributed by atoms with van der Waals surface area (Å²) in [5.41, 5.74) is 7.21. The van der Waals surface area contributed by atoms with Gasteiger partial charge in [0.15, 0.2) is 0 Å². The van der Waals surface area contributed by atoms with E-state index in [0.29, 0.717) is 6.61 Å². The lowest BCUT2D eigenvalue weighted by Gasteiger charge is -2.05. The topological polar surface area (TPSA) is 48.1 Å². The van der Waals surface area contributed by atoms with E-state index in [0.717, 1.165) is 17.1 Å². The number of aromatic nitrogens is 1. The summed E-state index contributed by atoms with van der Waals surface area (Å²) in [7, 11) is 0. The summed E-state index contributed by atoms with van der Waals surface area (Å²) in [4.78, 5) is 4.16. The van der Waals surface area contributed by atoms with Crippen LogP contribution in [0, 0.1) is 0 Å². The number of ether oxygens (including phenoxy) is 1. The Morgan fingerprint density at radius 2 is 1.71 bits per heavy atom. The Morgan fingerprint density at radius 1 is 1.00 bits per heavy atom. The zero-order valence-electron chi connectivity index (χ0n) is 9.08. The number of pyridine rings is 1. The molecule has 17 heavy (non-hydrogen) atoms. The minimum Gasteiger partial charge on any atom is -0.487 e. The van der Waals surface area contributed by atoms with Gasteiger partial charge in [-0.15, -0.1) is 24.8 Å². The van der Waals surface area contributed by atoms with E-state index >= 15 is 0 Å². The predicted molar refractivity (Wildman–Crippen MR) is 73.9 cm³/mol. The Labute approximate surface area is 113 Å². The van der Waals surface area contributed by atoms with Crippen molar-refractivity contribution in [2.75, 3.05) is 5.73 Å². The van der Waals surface area contributed by atoms with Crippen LogP contribution in [-0.2, 0) is 6.61 Å². The number of nitrogens with two attached hydrogens (primary N) is 1. The third kappa shape index (κ3) is 4.93. The molecule has 0 spiro atoms. The van der Waals surface area contributed by atoms with Crippen molar-refractivity contribution >= 4 is 30.5 Å². The predicted octanol–water partition coefficient (Wildman–Crippen LogP) is 3.09. The summed E-state index contributed by atoms with van der Waals surface area (Å²) in [6, 6.07) is 13.1. The number of halogens is 2. The van der Waals surface area contributed by atoms with Gasteiger partial charge in [0.05, 0.1) is 5.69 Å². The molecule has 1 aromatic heterocycles. The van der Waals surface area contributed by atoms with E-state index in [1.165, 1.54) is 0 Å². The normalized spacial score (nSPS) is 8.71. The number of nitrogens with zero attached hydrogens (tertiary/aromatic N) is 1. The van der Waals surface area contributed by atoms with Crippen LogP contribution >= 0.6 is 24.8 Å². The first-order valence-electron chi connectivity index (χ1n) is 4.73. The van der Waals surface area contributed by atoms with E-state index < -0.39 is 0 Å². The van der Waals surface area contributed by atoms with Crippen molar-refractivity contribution in [3.8, 4) is 5.75 Å². The summed E-state index contributed by atoms with van der Waals surface area (Å²) in [5.74, 6) is 0.801. The molecule has 0 fully saturated rings. The van der Waals surface area contributed by atoms with Crippen molar-refractivity contribution in [2.45, 2.75) is 6.61 Å². The van der Waals surface area contributed by atoms with Gasteiger partial charge in [0.2, 0.25) is 0 Å². The van der Waals surface area contributed by atoms with E-state index in [4.69, 9.17) is 10.5 Å². The maximum absolute atomic E-state index is 5.57. The van der Waals surface area contributed by atoms with Gasteiger partial charge in [-0.3, -0.25) is 4.98 Å². The highest BCUT2D eigenvalue weighted by Crippen LogP contribution is 2.14. The highest BCUT2D eigenvalue weighted by atomic mass is 35.5. The second kappa shape index (κ2) is 7.76. The molecule has 3 nitrogen and oxygen atoms in total. The zero-order chi connectivity index (χ0) is 10.5. The highest BCUT2D eigenvalue weighted by Gasteiger charge is 1.95. The second-order valence-corrected chi connectivity index (χ2v) is 3.18. The van der Waals surface area contributed by atoms with Crippen LogP contribution in [0.3, 0.4) is 0 Å². The Kier molecular flexibility index (Phi) is 7.10. The van der Waals surface area contributed by atoms with Crippen LogP contribution in [-0.4, -0.2) is 4.98 Å². The van der Waals surface area contributed by atoms with Crippen LogP contribution in [0.2, 0.25) is 0 Å². The van der Waals surface area contributed by atoms with Gasteiger partial charge in [0.1, 0.15) is 12.4 Å². The number of hydrogen-bond donors (Lipinski definition) is 1. The maximum Gasteiger partial charge on any atom is 0.130 e. The van der Waals surface area contributed by atoms with E-state index in [1.54, 1.807) is 6.20 Å². The summed E-state index contributed by atoms with van der Waals surface area (Å²) >= 11 is 0. The average molecular weight is 273 g/mol. The molecule has 0 aliphatic carbocycles. The molecule has 1 heterocycles. The molecular formula is C12H14Cl2N2O. The average Bonchev–Trinajstić information content (AvgIpc) is 2.30. The van der Waals surface area contributed by atoms with Gasteiger partial charge in [-0.2, -0.15) is 0 Å². The monoisotopic (exact) mass is 272 g/mol. The van der Waals surface area contributed by atoms with Crippen LogP contribution in [0.15, 0.2) is 48.7 Å². The summed E-state index contributed by atoms with van der Waals surface area (Å²) in [6.45, 7) is 0.477. The summed E-state index contributed by atoms with van der Waals surface area (Å²) in [5, 5.41) is 0. The van der Waals surface area contributed by atoms with Crippen LogP contribution in [0.4, 0.5) is 5.69 Å². The molecule has 92 valence electrons. The van der Waals surface area contributed by atoms with Crippen molar-refractivity contribution in [2.24, 2.45) is 0 Å². The molecule has 0 aliphatic rings. The second-order valence-electron chi connectivity index (χ2n) is 3.18. The number of nitrogen functional groups attached to an aromatic ring is 1. The smallest absolute Gasteiger partial charge is 0.130 e. The fourth-order valence-electron chi connectivity index (χ4n) is 1.20. The molecule has 2 aromatic rings. The maximum atomic E-state index is 5.57. The molecule has 2 N–H and O–H groups in total. The lowest BCUT2D eigenvalue weighted by molar-refractivity contribution is 0.301. The van der Waals surface area contributed by atoms with Crippen LogP contribution in [0.25, 0.3) is 0 Å². The molecule has 0 bridgehead atoms. The molecule has 2 rings (SSSR count). The van der Waals surface area contributed by atoms with E-state index in [-0.39, 0.29) is 24.8 Å². The highest BCUT2D eigenvalue weighted by molar-refractivity contribution is 5.85. The molecule has 0 unspecified atom stereocenters. The molecule has 0 atom stereocenters. The fourth-order valence-corrected chi connectivity index (χ4v) is 1.20. The first-order chi connectivity index (χ1) is 7.34. The van der Waals surface area contributed by atoms with E-state index in [9.17, 15) is 0 Å². The van der Waals surface area contributed by atoms with Gasteiger partial charge in [-0.05, 0) is 36.4 Å². The first-order valence-corrected chi connectivity index (χ1v) is 4.73. The molecule has 0 radical (unpaired) electrons. The first kappa shape index (κ1) is 15.6. The molecule has 1 aromatic carbocycles. The quantitative estimate of drug-likeness (QED) is 0.874. The van der Waals surface area contributed by atoms with Gasteiger partial charge in [-0.25, -0.2) is 0 Å². The number of rotatable bonds is 3. The molecule has 0 amide bonds. The third-order valence-corrected chi connectivity index (χ3v) is 1.99.